The Labute approximate surface area is 80.6 Å². The quantitative estimate of drug-likeness (QED) is 0.338. The first-order valence-electron chi connectivity index (χ1n) is 4.59. The van der Waals surface area contributed by atoms with E-state index >= 15 is 0 Å². The van der Waals surface area contributed by atoms with Crippen molar-refractivity contribution < 1.29 is 4.79 Å². The molecule has 2 rings (SSSR count). The topological polar surface area (TPSA) is 98.7 Å². The molecule has 76 valence electrons. The smallest absolute Gasteiger partial charge is 0.244 e. The molecule has 0 saturated carbocycles. The maximum absolute atomic E-state index is 11.4. The molecule has 1 aromatic rings. The van der Waals surface area contributed by atoms with Gasteiger partial charge >= 0.3 is 0 Å². The molecule has 14 heavy (non-hydrogen) atoms. The number of hydrogen-bond donors (Lipinski definition) is 2. The Kier molecular flexibility index (Phi) is 2.40. The molecule has 0 fully saturated rings. The standard InChI is InChI=1S/C7H12N6O/c8-9-7(14)5-3-1-2-4-13-6(5)10-11-12-13/h5H,1-4,8H2,(H,9,14). The summed E-state index contributed by atoms with van der Waals surface area (Å²) in [6, 6.07) is 0. The lowest BCUT2D eigenvalue weighted by atomic mass is 10.0. The molecular formula is C7H12N6O. The van der Waals surface area contributed by atoms with Crippen molar-refractivity contribution in [2.75, 3.05) is 0 Å². The molecule has 7 nitrogen and oxygen atoms in total. The van der Waals surface area contributed by atoms with Gasteiger partial charge in [0.25, 0.3) is 0 Å². The van der Waals surface area contributed by atoms with E-state index in [9.17, 15) is 4.79 Å². The minimum atomic E-state index is -0.308. The lowest BCUT2D eigenvalue weighted by Gasteiger charge is -2.09. The predicted octanol–water partition coefficient (Wildman–Crippen LogP) is -1.07. The third kappa shape index (κ3) is 1.46. The normalized spacial score (nSPS) is 21.1. The van der Waals surface area contributed by atoms with E-state index in [0.29, 0.717) is 5.82 Å². The summed E-state index contributed by atoms with van der Waals surface area (Å²) in [5.74, 6) is 5.19. The number of rotatable bonds is 1. The number of amides is 1. The number of nitrogens with two attached hydrogens (primary N) is 1. The fraction of sp³-hybridized carbons (Fsp3) is 0.714. The van der Waals surface area contributed by atoms with Gasteiger partial charge < -0.3 is 0 Å². The molecule has 1 atom stereocenters. The van der Waals surface area contributed by atoms with Gasteiger partial charge in [0.1, 0.15) is 5.92 Å². The van der Waals surface area contributed by atoms with Gasteiger partial charge in [-0.3, -0.25) is 10.2 Å². The summed E-state index contributed by atoms with van der Waals surface area (Å²) < 4.78 is 1.67. The Bertz CT molecular complexity index is 335. The number of carbonyl (C=O) groups excluding carboxylic acids is 1. The first-order valence-corrected chi connectivity index (χ1v) is 4.59. The number of nitrogens with one attached hydrogen (secondary N) is 1. The van der Waals surface area contributed by atoms with Crippen LogP contribution in [-0.2, 0) is 11.3 Å². The van der Waals surface area contributed by atoms with E-state index in [2.05, 4.69) is 21.0 Å². The molecule has 7 heteroatoms. The van der Waals surface area contributed by atoms with Gasteiger partial charge in [0.15, 0.2) is 5.82 Å². The molecular weight excluding hydrogens is 184 g/mol. The summed E-state index contributed by atoms with van der Waals surface area (Å²) in [5.41, 5.74) is 2.15. The number of aryl methyl sites for hydroxylation is 1. The maximum Gasteiger partial charge on any atom is 0.244 e. The van der Waals surface area contributed by atoms with Crippen LogP contribution in [0.15, 0.2) is 0 Å². The van der Waals surface area contributed by atoms with Gasteiger partial charge in [0.2, 0.25) is 5.91 Å². The van der Waals surface area contributed by atoms with Crippen LogP contribution in [-0.4, -0.2) is 26.1 Å². The first kappa shape index (κ1) is 9.07. The lowest BCUT2D eigenvalue weighted by molar-refractivity contribution is -0.123. The van der Waals surface area contributed by atoms with E-state index in [0.717, 1.165) is 25.8 Å². The summed E-state index contributed by atoms with van der Waals surface area (Å²) in [4.78, 5) is 11.4. The average Bonchev–Trinajstić information content (AvgIpc) is 2.57. The van der Waals surface area contributed by atoms with E-state index < -0.39 is 0 Å². The van der Waals surface area contributed by atoms with Crippen molar-refractivity contribution in [3.05, 3.63) is 5.82 Å². The third-order valence-electron chi connectivity index (χ3n) is 2.44. The van der Waals surface area contributed by atoms with E-state index in [-0.39, 0.29) is 11.8 Å². The van der Waals surface area contributed by atoms with E-state index in [4.69, 9.17) is 5.84 Å². The maximum atomic E-state index is 11.4. The van der Waals surface area contributed by atoms with Crippen molar-refractivity contribution in [3.63, 3.8) is 0 Å². The Balaban J connectivity index is 2.30. The van der Waals surface area contributed by atoms with Gasteiger partial charge in [0, 0.05) is 6.54 Å². The van der Waals surface area contributed by atoms with Gasteiger partial charge in [-0.1, -0.05) is 6.42 Å². The van der Waals surface area contributed by atoms with Crippen molar-refractivity contribution in [1.82, 2.24) is 25.6 Å². The van der Waals surface area contributed by atoms with Crippen LogP contribution in [0, 0.1) is 0 Å². The van der Waals surface area contributed by atoms with Crippen LogP contribution in [0.25, 0.3) is 0 Å². The summed E-state index contributed by atoms with van der Waals surface area (Å²) >= 11 is 0. The van der Waals surface area contributed by atoms with Crippen molar-refractivity contribution in [2.24, 2.45) is 5.84 Å². The first-order chi connectivity index (χ1) is 6.83. The van der Waals surface area contributed by atoms with E-state index in [1.807, 2.05) is 0 Å². The molecule has 0 bridgehead atoms. The van der Waals surface area contributed by atoms with Crippen LogP contribution in [0.5, 0.6) is 0 Å². The van der Waals surface area contributed by atoms with Crippen LogP contribution in [0.1, 0.15) is 31.0 Å². The molecule has 1 unspecified atom stereocenters. The number of hydrazine groups is 1. The molecule has 2 heterocycles. The second-order valence-corrected chi connectivity index (χ2v) is 3.32. The Hall–Kier alpha value is -1.50. The SMILES string of the molecule is NNC(=O)C1CCCCn2nnnc21. The Morgan fingerprint density at radius 3 is 3.21 bits per heavy atom. The van der Waals surface area contributed by atoms with Crippen molar-refractivity contribution in [2.45, 2.75) is 31.7 Å². The van der Waals surface area contributed by atoms with Crippen molar-refractivity contribution >= 4 is 5.91 Å². The molecule has 1 aliphatic rings. The Morgan fingerprint density at radius 1 is 1.57 bits per heavy atom. The minimum Gasteiger partial charge on any atom is -0.294 e. The lowest BCUT2D eigenvalue weighted by Crippen LogP contribution is -2.35. The average molecular weight is 196 g/mol. The van der Waals surface area contributed by atoms with Crippen LogP contribution < -0.4 is 11.3 Å². The second kappa shape index (κ2) is 3.70. The zero-order valence-electron chi connectivity index (χ0n) is 7.68. The molecule has 0 aromatic carbocycles. The molecule has 1 aliphatic heterocycles. The zero-order valence-corrected chi connectivity index (χ0v) is 7.68. The molecule has 1 amide bonds. The van der Waals surface area contributed by atoms with E-state index in [1.54, 1.807) is 4.68 Å². The van der Waals surface area contributed by atoms with Gasteiger partial charge in [-0.2, -0.15) is 0 Å². The summed E-state index contributed by atoms with van der Waals surface area (Å²) in [5, 5.41) is 11.2. The van der Waals surface area contributed by atoms with Gasteiger partial charge in [-0.05, 0) is 23.3 Å². The number of tetrazole rings is 1. The summed E-state index contributed by atoms with van der Waals surface area (Å²) in [7, 11) is 0. The van der Waals surface area contributed by atoms with Gasteiger partial charge in [-0.25, -0.2) is 10.5 Å². The highest BCUT2D eigenvalue weighted by Crippen LogP contribution is 2.23. The molecule has 1 aromatic heterocycles. The second-order valence-electron chi connectivity index (χ2n) is 3.32. The van der Waals surface area contributed by atoms with Crippen molar-refractivity contribution in [1.29, 1.82) is 0 Å². The summed E-state index contributed by atoms with van der Waals surface area (Å²) in [6.45, 7) is 0.774. The number of hydrogen-bond acceptors (Lipinski definition) is 5. The van der Waals surface area contributed by atoms with Crippen LogP contribution >= 0.6 is 0 Å². The van der Waals surface area contributed by atoms with Gasteiger partial charge in [0.05, 0.1) is 0 Å². The van der Waals surface area contributed by atoms with Crippen LogP contribution in [0.3, 0.4) is 0 Å². The molecule has 0 saturated heterocycles. The molecule has 0 spiro atoms. The summed E-state index contributed by atoms with van der Waals surface area (Å²) in [6.07, 6.45) is 2.72. The fourth-order valence-corrected chi connectivity index (χ4v) is 1.71. The number of carbonyl (C=O) groups is 1. The van der Waals surface area contributed by atoms with E-state index in [1.165, 1.54) is 0 Å². The van der Waals surface area contributed by atoms with Crippen LogP contribution in [0.2, 0.25) is 0 Å². The van der Waals surface area contributed by atoms with Crippen molar-refractivity contribution in [3.8, 4) is 0 Å². The van der Waals surface area contributed by atoms with Gasteiger partial charge in [-0.15, -0.1) is 5.10 Å². The number of fused-ring (bicyclic) bond motifs is 1. The number of nitrogens with zero attached hydrogens (tertiary/aromatic N) is 4. The molecule has 0 aliphatic carbocycles. The number of aromatic nitrogens is 4. The highest BCUT2D eigenvalue weighted by molar-refractivity contribution is 5.82. The largest absolute Gasteiger partial charge is 0.294 e. The third-order valence-corrected chi connectivity index (χ3v) is 2.44. The highest BCUT2D eigenvalue weighted by atomic mass is 16.2. The molecule has 0 radical (unpaired) electrons. The molecule has 3 N–H and O–H groups in total. The minimum absolute atomic E-state index is 0.219. The monoisotopic (exact) mass is 196 g/mol. The Morgan fingerprint density at radius 2 is 2.43 bits per heavy atom. The highest BCUT2D eigenvalue weighted by Gasteiger charge is 2.27. The fourth-order valence-electron chi connectivity index (χ4n) is 1.71. The zero-order chi connectivity index (χ0) is 9.97. The predicted molar refractivity (Wildman–Crippen MR) is 46.7 cm³/mol. The van der Waals surface area contributed by atoms with Crippen LogP contribution in [0.4, 0.5) is 0 Å².